The van der Waals surface area contributed by atoms with Gasteiger partial charge in [0, 0.05) is 24.2 Å². The van der Waals surface area contributed by atoms with Gasteiger partial charge in [-0.15, -0.1) is 0 Å². The molecule has 0 atom stereocenters. The lowest BCUT2D eigenvalue weighted by atomic mass is 10.1. The van der Waals surface area contributed by atoms with E-state index in [1.807, 2.05) is 23.9 Å². The fourth-order valence-electron chi connectivity index (χ4n) is 2.02. The molecule has 1 aromatic heterocycles. The summed E-state index contributed by atoms with van der Waals surface area (Å²) in [7, 11) is 1.93. The second kappa shape index (κ2) is 3.58. The van der Waals surface area contributed by atoms with Crippen LogP contribution in [0.2, 0.25) is 0 Å². The maximum atomic E-state index is 6.01. The van der Waals surface area contributed by atoms with Crippen LogP contribution in [-0.2, 0) is 7.05 Å². The molecule has 2 aromatic rings. The topological polar surface area (TPSA) is 56.7 Å². The van der Waals surface area contributed by atoms with Gasteiger partial charge in [-0.2, -0.15) is 5.10 Å². The molecule has 1 aliphatic rings. The summed E-state index contributed by atoms with van der Waals surface area (Å²) in [5, 5.41) is 4.47. The van der Waals surface area contributed by atoms with Crippen molar-refractivity contribution in [1.29, 1.82) is 0 Å². The van der Waals surface area contributed by atoms with Gasteiger partial charge >= 0.3 is 0 Å². The summed E-state index contributed by atoms with van der Waals surface area (Å²) in [6, 6.07) is 6.00. The van der Waals surface area contributed by atoms with E-state index in [9.17, 15) is 0 Å². The largest absolute Gasteiger partial charge is 0.398 e. The van der Waals surface area contributed by atoms with Gasteiger partial charge in [-0.25, -0.2) is 9.67 Å². The summed E-state index contributed by atoms with van der Waals surface area (Å²) in [4.78, 5) is 4.62. The third kappa shape index (κ3) is 1.79. The van der Waals surface area contributed by atoms with Crippen molar-refractivity contribution in [1.82, 2.24) is 14.8 Å². The van der Waals surface area contributed by atoms with Gasteiger partial charge in [-0.05, 0) is 31.9 Å². The van der Waals surface area contributed by atoms with Crippen LogP contribution in [0.4, 0.5) is 5.69 Å². The summed E-state index contributed by atoms with van der Waals surface area (Å²) < 4.78 is 1.83. The molecule has 4 heteroatoms. The average molecular weight is 228 g/mol. The van der Waals surface area contributed by atoms with E-state index in [2.05, 4.69) is 23.1 Å². The Balaban J connectivity index is 2.10. The molecule has 0 spiro atoms. The third-order valence-corrected chi connectivity index (χ3v) is 3.17. The number of hydrogen-bond donors (Lipinski definition) is 1. The average Bonchev–Trinajstić information content (AvgIpc) is 3.07. The molecule has 1 saturated carbocycles. The van der Waals surface area contributed by atoms with Crippen LogP contribution < -0.4 is 5.73 Å². The highest BCUT2D eigenvalue weighted by Gasteiger charge is 2.28. The Morgan fingerprint density at radius 1 is 1.35 bits per heavy atom. The number of nitrogens with two attached hydrogens (primary N) is 1. The highest BCUT2D eigenvalue weighted by atomic mass is 15.3. The SMILES string of the molecule is Cc1ccc(N)c(-c2nc(C3CC3)nn2C)c1. The second-order valence-corrected chi connectivity index (χ2v) is 4.78. The fraction of sp³-hybridized carbons (Fsp3) is 0.385. The molecule has 17 heavy (non-hydrogen) atoms. The lowest BCUT2D eigenvalue weighted by Crippen LogP contribution is -1.98. The number of anilines is 1. The Labute approximate surface area is 100 Å². The highest BCUT2D eigenvalue weighted by molar-refractivity contribution is 5.72. The van der Waals surface area contributed by atoms with Crippen molar-refractivity contribution in [3.63, 3.8) is 0 Å². The number of hydrogen-bond acceptors (Lipinski definition) is 3. The zero-order chi connectivity index (χ0) is 12.0. The minimum atomic E-state index is 0.570. The standard InChI is InChI=1S/C13H16N4/c1-8-3-6-11(14)10(7-8)13-15-12(9-4-5-9)16-17(13)2/h3,6-7,9H,4-5,14H2,1-2H3. The quantitative estimate of drug-likeness (QED) is 0.802. The molecule has 4 nitrogen and oxygen atoms in total. The van der Waals surface area contributed by atoms with Gasteiger partial charge in [0.25, 0.3) is 0 Å². The lowest BCUT2D eigenvalue weighted by molar-refractivity contribution is 0.750. The first-order chi connectivity index (χ1) is 8.15. The zero-order valence-corrected chi connectivity index (χ0v) is 10.1. The molecule has 1 heterocycles. The van der Waals surface area contributed by atoms with Crippen LogP contribution >= 0.6 is 0 Å². The fourth-order valence-corrected chi connectivity index (χ4v) is 2.02. The number of benzene rings is 1. The third-order valence-electron chi connectivity index (χ3n) is 3.17. The van der Waals surface area contributed by atoms with Gasteiger partial charge in [0.15, 0.2) is 11.6 Å². The van der Waals surface area contributed by atoms with Crippen LogP contribution in [0, 0.1) is 6.92 Å². The molecule has 0 bridgehead atoms. The normalized spacial score (nSPS) is 15.2. The van der Waals surface area contributed by atoms with Gasteiger partial charge in [0.1, 0.15) is 0 Å². The Morgan fingerprint density at radius 2 is 2.12 bits per heavy atom. The van der Waals surface area contributed by atoms with Gasteiger partial charge in [0.05, 0.1) is 0 Å². The molecule has 1 aromatic carbocycles. The summed E-state index contributed by atoms with van der Waals surface area (Å²) in [6.07, 6.45) is 2.43. The number of nitrogens with zero attached hydrogens (tertiary/aromatic N) is 3. The first-order valence-corrected chi connectivity index (χ1v) is 5.92. The molecule has 0 amide bonds. The van der Waals surface area contributed by atoms with E-state index >= 15 is 0 Å². The summed E-state index contributed by atoms with van der Waals surface area (Å²) in [5.41, 5.74) is 8.93. The molecular formula is C13H16N4. The summed E-state index contributed by atoms with van der Waals surface area (Å²) in [5.74, 6) is 2.40. The molecule has 0 unspecified atom stereocenters. The number of aryl methyl sites for hydroxylation is 2. The van der Waals surface area contributed by atoms with Crippen LogP contribution in [0.1, 0.15) is 30.1 Å². The first kappa shape index (κ1) is 10.3. The Morgan fingerprint density at radius 3 is 2.82 bits per heavy atom. The van der Waals surface area contributed by atoms with Gasteiger partial charge in [0.2, 0.25) is 0 Å². The van der Waals surface area contributed by atoms with E-state index in [1.54, 1.807) is 0 Å². The summed E-state index contributed by atoms with van der Waals surface area (Å²) in [6.45, 7) is 2.06. The smallest absolute Gasteiger partial charge is 0.160 e. The van der Waals surface area contributed by atoms with Crippen LogP contribution in [0.3, 0.4) is 0 Å². The van der Waals surface area contributed by atoms with Crippen LogP contribution in [0.5, 0.6) is 0 Å². The molecule has 1 aliphatic carbocycles. The van der Waals surface area contributed by atoms with Crippen LogP contribution in [0.15, 0.2) is 18.2 Å². The van der Waals surface area contributed by atoms with Crippen LogP contribution in [-0.4, -0.2) is 14.8 Å². The van der Waals surface area contributed by atoms with Crippen molar-refractivity contribution in [2.45, 2.75) is 25.7 Å². The van der Waals surface area contributed by atoms with Crippen molar-refractivity contribution in [3.05, 3.63) is 29.6 Å². The minimum absolute atomic E-state index is 0.570. The second-order valence-electron chi connectivity index (χ2n) is 4.78. The molecule has 2 N–H and O–H groups in total. The number of nitrogen functional groups attached to an aromatic ring is 1. The van der Waals surface area contributed by atoms with E-state index in [0.717, 1.165) is 22.9 Å². The maximum Gasteiger partial charge on any atom is 0.160 e. The first-order valence-electron chi connectivity index (χ1n) is 5.92. The number of aromatic nitrogens is 3. The molecule has 0 saturated heterocycles. The predicted molar refractivity (Wildman–Crippen MR) is 67.6 cm³/mol. The van der Waals surface area contributed by atoms with Gasteiger partial charge in [-0.3, -0.25) is 0 Å². The lowest BCUT2D eigenvalue weighted by Gasteiger charge is -2.05. The molecule has 3 rings (SSSR count). The van der Waals surface area contributed by atoms with E-state index in [0.29, 0.717) is 5.92 Å². The number of rotatable bonds is 2. The van der Waals surface area contributed by atoms with E-state index < -0.39 is 0 Å². The van der Waals surface area contributed by atoms with Crippen molar-refractivity contribution < 1.29 is 0 Å². The van der Waals surface area contributed by atoms with Crippen molar-refractivity contribution >= 4 is 5.69 Å². The molecule has 88 valence electrons. The van der Waals surface area contributed by atoms with Crippen molar-refractivity contribution in [3.8, 4) is 11.4 Å². The Kier molecular flexibility index (Phi) is 2.18. The molecule has 0 radical (unpaired) electrons. The Bertz CT molecular complexity index is 567. The molecular weight excluding hydrogens is 212 g/mol. The van der Waals surface area contributed by atoms with E-state index in [1.165, 1.54) is 18.4 Å². The van der Waals surface area contributed by atoms with Crippen LogP contribution in [0.25, 0.3) is 11.4 Å². The van der Waals surface area contributed by atoms with E-state index in [4.69, 9.17) is 5.73 Å². The zero-order valence-electron chi connectivity index (χ0n) is 10.1. The predicted octanol–water partition coefficient (Wildman–Crippen LogP) is 2.25. The van der Waals surface area contributed by atoms with Crippen molar-refractivity contribution in [2.24, 2.45) is 7.05 Å². The monoisotopic (exact) mass is 228 g/mol. The highest BCUT2D eigenvalue weighted by Crippen LogP contribution is 2.39. The molecule has 0 aliphatic heterocycles. The summed E-state index contributed by atoms with van der Waals surface area (Å²) >= 11 is 0. The van der Waals surface area contributed by atoms with Gasteiger partial charge in [-0.1, -0.05) is 11.6 Å². The minimum Gasteiger partial charge on any atom is -0.398 e. The Hall–Kier alpha value is -1.84. The van der Waals surface area contributed by atoms with E-state index in [-0.39, 0.29) is 0 Å². The molecule has 1 fully saturated rings. The van der Waals surface area contributed by atoms with Gasteiger partial charge < -0.3 is 5.73 Å². The maximum absolute atomic E-state index is 6.01. The van der Waals surface area contributed by atoms with Crippen molar-refractivity contribution in [2.75, 3.05) is 5.73 Å².